The van der Waals surface area contributed by atoms with Crippen LogP contribution in [0.3, 0.4) is 0 Å². The van der Waals surface area contributed by atoms with Gasteiger partial charge in [-0.05, 0) is 0 Å². The fourth-order valence-electron chi connectivity index (χ4n) is 0.827. The molecule has 0 aliphatic rings. The van der Waals surface area contributed by atoms with Gasteiger partial charge >= 0.3 is 12.4 Å². The molecule has 9 heteroatoms. The van der Waals surface area contributed by atoms with Gasteiger partial charge in [-0.2, -0.15) is 31.6 Å². The van der Waals surface area contributed by atoms with Crippen molar-refractivity contribution in [3.8, 4) is 6.07 Å². The molecule has 0 rings (SSSR count). The Bertz CT molecular complexity index is 275. The third-order valence-electron chi connectivity index (χ3n) is 1.45. The van der Waals surface area contributed by atoms with Gasteiger partial charge in [-0.15, -0.1) is 0 Å². The quantitative estimate of drug-likeness (QED) is 0.611. The van der Waals surface area contributed by atoms with Gasteiger partial charge in [0.05, 0.1) is 12.5 Å². The smallest absolute Gasteiger partial charge is 0.354 e. The highest BCUT2D eigenvalue weighted by Crippen LogP contribution is 2.39. The zero-order valence-electron chi connectivity index (χ0n) is 7.61. The summed E-state index contributed by atoms with van der Waals surface area (Å²) in [5.41, 5.74) is 0. The third kappa shape index (κ3) is 4.37. The maximum absolute atomic E-state index is 11.9. The summed E-state index contributed by atoms with van der Waals surface area (Å²) >= 11 is 0. The summed E-state index contributed by atoms with van der Waals surface area (Å²) in [5, 5.41) is 9.39. The third-order valence-corrected chi connectivity index (χ3v) is 1.45. The molecule has 0 aromatic carbocycles. The molecule has 0 saturated carbocycles. The summed E-state index contributed by atoms with van der Waals surface area (Å²) in [7, 11) is 0. The van der Waals surface area contributed by atoms with Gasteiger partial charge in [-0.25, -0.2) is 0 Å². The Labute approximate surface area is 86.0 Å². The molecule has 0 bridgehead atoms. The van der Waals surface area contributed by atoms with E-state index in [0.29, 0.717) is 0 Å². The average Bonchev–Trinajstić information content (AvgIpc) is 1.98. The van der Waals surface area contributed by atoms with Crippen molar-refractivity contribution >= 4 is 5.91 Å². The van der Waals surface area contributed by atoms with Crippen molar-refractivity contribution in [1.82, 2.24) is 5.32 Å². The fraction of sp³-hybridized carbons (Fsp3) is 0.714. The molecule has 1 N–H and O–H groups in total. The van der Waals surface area contributed by atoms with Crippen LogP contribution in [-0.2, 0) is 4.79 Å². The van der Waals surface area contributed by atoms with Crippen LogP contribution in [0.2, 0.25) is 0 Å². The standard InChI is InChI=1S/C7H6F6N2O/c8-6(9,10)4(7(11,12)13)5(16)15-3-1-2-14/h4H,1,3H2,(H,15,16). The topological polar surface area (TPSA) is 52.9 Å². The van der Waals surface area contributed by atoms with E-state index in [2.05, 4.69) is 0 Å². The Morgan fingerprint density at radius 1 is 1.19 bits per heavy atom. The summed E-state index contributed by atoms with van der Waals surface area (Å²) in [4.78, 5) is 10.7. The van der Waals surface area contributed by atoms with Gasteiger partial charge in [0.25, 0.3) is 0 Å². The highest BCUT2D eigenvalue weighted by molar-refractivity contribution is 5.80. The molecule has 1 amide bonds. The van der Waals surface area contributed by atoms with Crippen LogP contribution < -0.4 is 5.32 Å². The number of hydrogen-bond acceptors (Lipinski definition) is 2. The number of halogens is 6. The largest absolute Gasteiger partial charge is 0.409 e. The maximum Gasteiger partial charge on any atom is 0.409 e. The lowest BCUT2D eigenvalue weighted by Gasteiger charge is -2.21. The number of carbonyl (C=O) groups excluding carboxylic acids is 1. The van der Waals surface area contributed by atoms with Gasteiger partial charge < -0.3 is 5.32 Å². The molecule has 0 saturated heterocycles. The summed E-state index contributed by atoms with van der Waals surface area (Å²) < 4.78 is 71.6. The Balaban J connectivity index is 4.68. The molecule has 0 aromatic rings. The first-order valence-corrected chi connectivity index (χ1v) is 3.88. The summed E-state index contributed by atoms with van der Waals surface area (Å²) in [6.07, 6.45) is -11.8. The molecular formula is C7H6F6N2O. The van der Waals surface area contributed by atoms with E-state index in [1.165, 1.54) is 11.4 Å². The number of hydrogen-bond donors (Lipinski definition) is 1. The van der Waals surface area contributed by atoms with E-state index in [1.807, 2.05) is 0 Å². The lowest BCUT2D eigenvalue weighted by molar-refractivity contribution is -0.274. The van der Waals surface area contributed by atoms with Gasteiger partial charge in [-0.1, -0.05) is 0 Å². The van der Waals surface area contributed by atoms with Crippen molar-refractivity contribution in [2.24, 2.45) is 5.92 Å². The number of nitrogens with one attached hydrogen (secondary N) is 1. The predicted molar refractivity (Wildman–Crippen MR) is 38.8 cm³/mol. The van der Waals surface area contributed by atoms with E-state index in [9.17, 15) is 31.1 Å². The number of nitriles is 1. The molecule has 0 aliphatic heterocycles. The van der Waals surface area contributed by atoms with Crippen molar-refractivity contribution in [3.05, 3.63) is 0 Å². The second-order valence-electron chi connectivity index (χ2n) is 2.72. The number of carbonyl (C=O) groups is 1. The molecule has 3 nitrogen and oxygen atoms in total. The SMILES string of the molecule is N#CCCNC(=O)C(C(F)(F)F)C(F)(F)F. The highest BCUT2D eigenvalue weighted by Gasteiger charge is 2.60. The van der Waals surface area contributed by atoms with E-state index in [4.69, 9.17) is 5.26 Å². The zero-order chi connectivity index (χ0) is 13.0. The van der Waals surface area contributed by atoms with Gasteiger partial charge in [-0.3, -0.25) is 4.79 Å². The molecule has 92 valence electrons. The van der Waals surface area contributed by atoms with Crippen LogP contribution in [0.1, 0.15) is 6.42 Å². The highest BCUT2D eigenvalue weighted by atomic mass is 19.4. The van der Waals surface area contributed by atoms with Crippen molar-refractivity contribution in [2.45, 2.75) is 18.8 Å². The van der Waals surface area contributed by atoms with Crippen molar-refractivity contribution in [2.75, 3.05) is 6.54 Å². The fourth-order valence-corrected chi connectivity index (χ4v) is 0.827. The molecular weight excluding hydrogens is 242 g/mol. The number of nitrogens with zero attached hydrogens (tertiary/aromatic N) is 1. The number of rotatable bonds is 3. The molecule has 16 heavy (non-hydrogen) atoms. The first kappa shape index (κ1) is 14.5. The summed E-state index contributed by atoms with van der Waals surface area (Å²) in [6, 6.07) is 1.46. The van der Waals surface area contributed by atoms with Crippen LogP contribution in [0.15, 0.2) is 0 Å². The minimum Gasteiger partial charge on any atom is -0.354 e. The van der Waals surface area contributed by atoms with Crippen LogP contribution in [0.25, 0.3) is 0 Å². The zero-order valence-corrected chi connectivity index (χ0v) is 7.61. The lowest BCUT2D eigenvalue weighted by Crippen LogP contribution is -2.48. The Morgan fingerprint density at radius 2 is 1.62 bits per heavy atom. The molecule has 0 fully saturated rings. The Kier molecular flexibility index (Phi) is 4.59. The van der Waals surface area contributed by atoms with Crippen LogP contribution in [-0.4, -0.2) is 24.8 Å². The van der Waals surface area contributed by atoms with Gasteiger partial charge in [0, 0.05) is 6.54 Å². The second-order valence-corrected chi connectivity index (χ2v) is 2.72. The predicted octanol–water partition coefficient (Wildman–Crippen LogP) is 1.76. The molecule has 0 spiro atoms. The molecule has 0 atom stereocenters. The molecule has 0 heterocycles. The summed E-state index contributed by atoms with van der Waals surface area (Å²) in [6.45, 7) is -0.558. The molecule has 0 aromatic heterocycles. The van der Waals surface area contributed by atoms with E-state index < -0.39 is 30.7 Å². The van der Waals surface area contributed by atoms with Crippen LogP contribution in [0, 0.1) is 17.2 Å². The van der Waals surface area contributed by atoms with Gasteiger partial charge in [0.15, 0.2) is 0 Å². The van der Waals surface area contributed by atoms with E-state index in [0.717, 1.165) is 0 Å². The Hall–Kier alpha value is -1.46. The normalized spacial score (nSPS) is 12.4. The maximum atomic E-state index is 11.9. The van der Waals surface area contributed by atoms with Gasteiger partial charge in [0.2, 0.25) is 11.8 Å². The lowest BCUT2D eigenvalue weighted by atomic mass is 10.1. The van der Waals surface area contributed by atoms with Crippen molar-refractivity contribution in [3.63, 3.8) is 0 Å². The molecule has 0 unspecified atom stereocenters. The van der Waals surface area contributed by atoms with Crippen molar-refractivity contribution in [1.29, 1.82) is 5.26 Å². The van der Waals surface area contributed by atoms with E-state index >= 15 is 0 Å². The van der Waals surface area contributed by atoms with Crippen LogP contribution in [0.4, 0.5) is 26.3 Å². The Morgan fingerprint density at radius 3 is 1.94 bits per heavy atom. The number of alkyl halides is 6. The monoisotopic (exact) mass is 248 g/mol. The van der Waals surface area contributed by atoms with E-state index in [1.54, 1.807) is 0 Å². The molecule has 0 aliphatic carbocycles. The second kappa shape index (κ2) is 5.05. The first-order valence-electron chi connectivity index (χ1n) is 3.88. The average molecular weight is 248 g/mol. The van der Waals surface area contributed by atoms with Gasteiger partial charge in [0.1, 0.15) is 0 Å². The number of amides is 1. The minimum absolute atomic E-state index is 0.367. The first-order chi connectivity index (χ1) is 7.10. The molecule has 0 radical (unpaired) electrons. The minimum atomic E-state index is -5.70. The van der Waals surface area contributed by atoms with Crippen molar-refractivity contribution < 1.29 is 31.1 Å². The van der Waals surface area contributed by atoms with Crippen LogP contribution in [0.5, 0.6) is 0 Å². The van der Waals surface area contributed by atoms with Crippen LogP contribution >= 0.6 is 0 Å². The summed E-state index contributed by atoms with van der Waals surface area (Å²) in [5.74, 6) is -6.26. The van der Waals surface area contributed by atoms with E-state index in [-0.39, 0.29) is 6.42 Å².